The Morgan fingerprint density at radius 2 is 0.682 bits per heavy atom. The molecule has 6 nitrogen and oxygen atoms in total. The minimum absolute atomic E-state index is 0. The number of carbonyl (C=O) groups excluding carboxylic acids is 3. The summed E-state index contributed by atoms with van der Waals surface area (Å²) in [6, 6.07) is 0. The number of hydrogen-bond acceptors (Lipinski definition) is 6. The molecule has 0 aliphatic heterocycles. The first-order valence-corrected chi connectivity index (χ1v) is 5.96. The number of carbonyl (C=O) groups is 3. The van der Waals surface area contributed by atoms with Gasteiger partial charge in [0.2, 0.25) is 0 Å². The van der Waals surface area contributed by atoms with Gasteiger partial charge >= 0.3 is 0 Å². The fourth-order valence-electron chi connectivity index (χ4n) is 0.859. The van der Waals surface area contributed by atoms with Gasteiger partial charge < -0.3 is 15.3 Å². The van der Waals surface area contributed by atoms with Crippen LogP contribution in [0.15, 0.2) is 35.5 Å². The maximum atomic E-state index is 9.98. The van der Waals surface area contributed by atoms with Gasteiger partial charge in [-0.25, -0.2) is 0 Å². The number of hydrogen-bond donors (Lipinski definition) is 0. The van der Waals surface area contributed by atoms with Crippen molar-refractivity contribution < 1.29 is 46.8 Å². The SMILES string of the molecule is CC(=O)C=C(C)[O-].CC(=O)C=C(C)[O-].CC(=O)C=C(C)[O-].[Fe]. The van der Waals surface area contributed by atoms with Gasteiger partial charge in [-0.05, 0) is 39.0 Å². The van der Waals surface area contributed by atoms with E-state index >= 15 is 0 Å². The number of allylic oxidation sites excluding steroid dienone is 6. The van der Waals surface area contributed by atoms with Crippen molar-refractivity contribution in [1.82, 2.24) is 0 Å². The van der Waals surface area contributed by atoms with Crippen molar-refractivity contribution in [1.29, 1.82) is 0 Å². The van der Waals surface area contributed by atoms with Gasteiger partial charge in [0.05, 0.1) is 0 Å². The monoisotopic (exact) mass is 353 g/mol. The van der Waals surface area contributed by atoms with Crippen molar-refractivity contribution in [3.05, 3.63) is 35.5 Å². The summed E-state index contributed by atoms with van der Waals surface area (Å²) in [5, 5.41) is 29.9. The van der Waals surface area contributed by atoms with Crippen LogP contribution in [0.2, 0.25) is 0 Å². The zero-order chi connectivity index (χ0) is 17.6. The first kappa shape index (κ1) is 28.3. The quantitative estimate of drug-likeness (QED) is 0.384. The van der Waals surface area contributed by atoms with Gasteiger partial charge in [0.25, 0.3) is 0 Å². The molecule has 0 unspecified atom stereocenters. The van der Waals surface area contributed by atoms with E-state index in [1.165, 1.54) is 41.5 Å². The number of ketones is 3. The Morgan fingerprint density at radius 3 is 0.682 bits per heavy atom. The number of rotatable bonds is 3. The Balaban J connectivity index is -0.000000108. The molecule has 0 aromatic carbocycles. The third kappa shape index (κ3) is 51.8. The third-order valence-corrected chi connectivity index (χ3v) is 1.22. The van der Waals surface area contributed by atoms with Crippen LogP contribution < -0.4 is 15.3 Å². The normalized spacial score (nSPS) is 10.9. The van der Waals surface area contributed by atoms with Crippen LogP contribution in [-0.2, 0) is 31.5 Å². The molecule has 0 amide bonds. The van der Waals surface area contributed by atoms with Crippen LogP contribution in [-0.4, -0.2) is 17.3 Å². The molecule has 0 rings (SSSR count). The molecular formula is C15H21FeO6-3. The first-order valence-electron chi connectivity index (χ1n) is 5.96. The molecule has 0 N–H and O–H groups in total. The second-order valence-electron chi connectivity index (χ2n) is 4.10. The fraction of sp³-hybridized carbons (Fsp3) is 0.400. The van der Waals surface area contributed by atoms with Gasteiger partial charge in [-0.15, -0.1) is 17.3 Å². The van der Waals surface area contributed by atoms with E-state index in [-0.39, 0.29) is 51.7 Å². The van der Waals surface area contributed by atoms with Crippen LogP contribution in [0.1, 0.15) is 41.5 Å². The molecule has 0 bridgehead atoms. The molecule has 0 saturated carbocycles. The van der Waals surface area contributed by atoms with E-state index in [4.69, 9.17) is 0 Å². The van der Waals surface area contributed by atoms with Crippen molar-refractivity contribution in [2.24, 2.45) is 0 Å². The smallest absolute Gasteiger partial charge is 0.151 e. The summed E-state index contributed by atoms with van der Waals surface area (Å²) in [7, 11) is 0. The third-order valence-electron chi connectivity index (χ3n) is 1.22. The summed E-state index contributed by atoms with van der Waals surface area (Å²) in [6.45, 7) is 8.09. The molecule has 0 spiro atoms. The van der Waals surface area contributed by atoms with E-state index < -0.39 is 0 Å². The molecule has 0 aliphatic rings. The average Bonchev–Trinajstić information content (AvgIpc) is 2.10. The Bertz CT molecular complexity index is 368. The van der Waals surface area contributed by atoms with Gasteiger partial charge in [-0.3, -0.25) is 14.4 Å². The summed E-state index contributed by atoms with van der Waals surface area (Å²) in [5.41, 5.74) is 0. The average molecular weight is 353 g/mol. The predicted octanol–water partition coefficient (Wildman–Crippen LogP) is -0.484. The second kappa shape index (κ2) is 17.2. The molecule has 0 heterocycles. The van der Waals surface area contributed by atoms with Crippen molar-refractivity contribution in [2.45, 2.75) is 41.5 Å². The Kier molecular flexibility index (Phi) is 22.2. The van der Waals surface area contributed by atoms with E-state index in [2.05, 4.69) is 0 Å². The zero-order valence-electron chi connectivity index (χ0n) is 13.5. The van der Waals surface area contributed by atoms with Gasteiger partial charge in [0, 0.05) is 17.1 Å². The van der Waals surface area contributed by atoms with Gasteiger partial charge in [-0.2, -0.15) is 0 Å². The van der Waals surface area contributed by atoms with Gasteiger partial charge in [0.1, 0.15) is 0 Å². The van der Waals surface area contributed by atoms with Gasteiger partial charge in [-0.1, -0.05) is 20.8 Å². The standard InChI is InChI=1S/3C5H8O2.Fe/c3*1-4(6)3-5(2)7;/h3*3,6H,1-2H3;/p-3. The molecule has 0 aliphatic carbocycles. The van der Waals surface area contributed by atoms with E-state index in [0.717, 1.165) is 18.2 Å². The van der Waals surface area contributed by atoms with E-state index in [1.807, 2.05) is 0 Å². The summed E-state index contributed by atoms with van der Waals surface area (Å²) in [5.74, 6) is -1.12. The maximum absolute atomic E-state index is 9.98. The van der Waals surface area contributed by atoms with Crippen LogP contribution in [0.3, 0.4) is 0 Å². The molecule has 0 radical (unpaired) electrons. The van der Waals surface area contributed by atoms with Crippen LogP contribution in [0.5, 0.6) is 0 Å². The van der Waals surface area contributed by atoms with Crippen molar-refractivity contribution >= 4 is 17.3 Å². The first-order chi connectivity index (χ1) is 9.38. The molecule has 0 aromatic rings. The van der Waals surface area contributed by atoms with Crippen LogP contribution in [0.4, 0.5) is 0 Å². The van der Waals surface area contributed by atoms with Crippen molar-refractivity contribution in [2.75, 3.05) is 0 Å². The molecule has 7 heteroatoms. The van der Waals surface area contributed by atoms with Crippen LogP contribution in [0.25, 0.3) is 0 Å². The predicted molar refractivity (Wildman–Crippen MR) is 73.3 cm³/mol. The van der Waals surface area contributed by atoms with Crippen LogP contribution >= 0.6 is 0 Å². The molecule has 0 fully saturated rings. The molecule has 22 heavy (non-hydrogen) atoms. The molecule has 0 atom stereocenters. The second-order valence-corrected chi connectivity index (χ2v) is 4.10. The Labute approximate surface area is 141 Å². The van der Waals surface area contributed by atoms with E-state index in [0.29, 0.717) is 0 Å². The summed E-state index contributed by atoms with van der Waals surface area (Å²) in [6.07, 6.45) is 3.17. The largest absolute Gasteiger partial charge is 0.876 e. The minimum atomic E-state index is -0.187. The minimum Gasteiger partial charge on any atom is -0.876 e. The van der Waals surface area contributed by atoms with Crippen LogP contribution in [0, 0.1) is 0 Å². The summed E-state index contributed by atoms with van der Waals surface area (Å²) >= 11 is 0. The van der Waals surface area contributed by atoms with E-state index in [1.54, 1.807) is 0 Å². The Hall–Kier alpha value is -1.85. The maximum Gasteiger partial charge on any atom is 0.151 e. The Morgan fingerprint density at radius 1 is 0.545 bits per heavy atom. The molecule has 128 valence electrons. The zero-order valence-corrected chi connectivity index (χ0v) is 14.6. The van der Waals surface area contributed by atoms with Gasteiger partial charge in [0.15, 0.2) is 17.3 Å². The topological polar surface area (TPSA) is 120 Å². The summed E-state index contributed by atoms with van der Waals surface area (Å²) < 4.78 is 0. The molecule has 0 aromatic heterocycles. The van der Waals surface area contributed by atoms with Crippen molar-refractivity contribution in [3.8, 4) is 0 Å². The fourth-order valence-corrected chi connectivity index (χ4v) is 0.859. The van der Waals surface area contributed by atoms with E-state index in [9.17, 15) is 29.7 Å². The van der Waals surface area contributed by atoms with Crippen molar-refractivity contribution in [3.63, 3.8) is 0 Å². The summed E-state index contributed by atoms with van der Waals surface area (Å²) in [4.78, 5) is 29.9. The molecule has 0 saturated heterocycles. The molecular weight excluding hydrogens is 332 g/mol.